The molecule has 6 nitrogen and oxygen atoms in total. The van der Waals surface area contributed by atoms with E-state index in [2.05, 4.69) is 66.4 Å². The van der Waals surface area contributed by atoms with Crippen LogP contribution in [0.1, 0.15) is 24.1 Å². The summed E-state index contributed by atoms with van der Waals surface area (Å²) in [5, 5.41) is 6.93. The summed E-state index contributed by atoms with van der Waals surface area (Å²) in [6, 6.07) is 17.3. The van der Waals surface area contributed by atoms with Crippen molar-refractivity contribution in [2.24, 2.45) is 4.99 Å². The average Bonchev–Trinajstić information content (AvgIpc) is 3.37. The third-order valence-electron chi connectivity index (χ3n) is 5.54. The van der Waals surface area contributed by atoms with Crippen molar-refractivity contribution in [3.05, 3.63) is 72.2 Å². The first-order valence-electron chi connectivity index (χ1n) is 10.5. The fourth-order valence-corrected chi connectivity index (χ4v) is 4.00. The lowest BCUT2D eigenvalue weighted by atomic mass is 10.2. The molecule has 6 heteroatoms. The smallest absolute Gasteiger partial charge is 0.191 e. The van der Waals surface area contributed by atoms with Gasteiger partial charge >= 0.3 is 0 Å². The maximum absolute atomic E-state index is 4.65. The van der Waals surface area contributed by atoms with Crippen LogP contribution in [-0.2, 0) is 13.0 Å². The number of fused-ring (bicyclic) bond motifs is 1. The van der Waals surface area contributed by atoms with Crippen molar-refractivity contribution in [1.29, 1.82) is 0 Å². The molecule has 1 fully saturated rings. The summed E-state index contributed by atoms with van der Waals surface area (Å²) < 4.78 is 2.06. The first kappa shape index (κ1) is 19.5. The Morgan fingerprint density at radius 1 is 1.14 bits per heavy atom. The van der Waals surface area contributed by atoms with Gasteiger partial charge in [-0.05, 0) is 37.1 Å². The Morgan fingerprint density at radius 3 is 2.83 bits per heavy atom. The third kappa shape index (κ3) is 5.15. The molecule has 2 aromatic heterocycles. The summed E-state index contributed by atoms with van der Waals surface area (Å²) in [6.07, 6.45) is 7.48. The van der Waals surface area contributed by atoms with Crippen LogP contribution in [-0.4, -0.2) is 53.0 Å². The predicted octanol–water partition coefficient (Wildman–Crippen LogP) is 2.71. The molecule has 1 aliphatic rings. The summed E-state index contributed by atoms with van der Waals surface area (Å²) in [5.74, 6) is 0.861. The largest absolute Gasteiger partial charge is 0.356 e. The highest BCUT2D eigenvalue weighted by atomic mass is 15.2. The molecular weight excluding hydrogens is 360 g/mol. The number of imidazole rings is 1. The molecule has 152 valence electrons. The summed E-state index contributed by atoms with van der Waals surface area (Å²) in [6.45, 7) is 3.91. The Balaban J connectivity index is 1.23. The second-order valence-electron chi connectivity index (χ2n) is 7.58. The van der Waals surface area contributed by atoms with Crippen LogP contribution in [0.5, 0.6) is 0 Å². The van der Waals surface area contributed by atoms with Gasteiger partial charge in [0.05, 0.1) is 5.69 Å². The van der Waals surface area contributed by atoms with Gasteiger partial charge in [0.2, 0.25) is 0 Å². The molecule has 1 aliphatic heterocycles. The monoisotopic (exact) mass is 390 g/mol. The molecule has 0 amide bonds. The zero-order valence-corrected chi connectivity index (χ0v) is 17.1. The molecule has 1 atom stereocenters. The molecule has 4 rings (SSSR count). The minimum atomic E-state index is 0.548. The fraction of sp³-hybridized carbons (Fsp3) is 0.391. The number of hydrogen-bond donors (Lipinski definition) is 2. The van der Waals surface area contributed by atoms with Crippen LogP contribution in [0.15, 0.2) is 65.9 Å². The molecule has 0 bridgehead atoms. The van der Waals surface area contributed by atoms with Crippen LogP contribution < -0.4 is 10.6 Å². The van der Waals surface area contributed by atoms with E-state index < -0.39 is 0 Å². The van der Waals surface area contributed by atoms with Crippen molar-refractivity contribution >= 4 is 11.6 Å². The molecule has 1 saturated heterocycles. The molecule has 3 heterocycles. The maximum Gasteiger partial charge on any atom is 0.191 e. The number of rotatable bonds is 7. The minimum absolute atomic E-state index is 0.548. The van der Waals surface area contributed by atoms with E-state index in [1.807, 2.05) is 31.4 Å². The van der Waals surface area contributed by atoms with Crippen molar-refractivity contribution in [1.82, 2.24) is 24.9 Å². The number of benzene rings is 1. The van der Waals surface area contributed by atoms with Crippen LogP contribution in [0.2, 0.25) is 0 Å². The normalized spacial score (nSPS) is 17.7. The van der Waals surface area contributed by atoms with Crippen LogP contribution >= 0.6 is 0 Å². The first-order chi connectivity index (χ1) is 14.3. The Morgan fingerprint density at radius 2 is 2.00 bits per heavy atom. The maximum atomic E-state index is 4.65. The number of nitrogens with zero attached hydrogens (tertiary/aromatic N) is 4. The van der Waals surface area contributed by atoms with Gasteiger partial charge in [0.15, 0.2) is 5.96 Å². The van der Waals surface area contributed by atoms with E-state index in [0.29, 0.717) is 6.04 Å². The molecule has 1 aromatic carbocycles. The molecule has 2 N–H and O–H groups in total. The zero-order chi connectivity index (χ0) is 19.9. The highest BCUT2D eigenvalue weighted by Crippen LogP contribution is 2.19. The predicted molar refractivity (Wildman–Crippen MR) is 118 cm³/mol. The number of pyridine rings is 1. The highest BCUT2D eigenvalue weighted by Gasteiger charge is 2.24. The highest BCUT2D eigenvalue weighted by molar-refractivity contribution is 5.79. The van der Waals surface area contributed by atoms with Crippen molar-refractivity contribution < 1.29 is 0 Å². The molecule has 0 spiro atoms. The van der Waals surface area contributed by atoms with Crippen molar-refractivity contribution in [2.75, 3.05) is 26.7 Å². The summed E-state index contributed by atoms with van der Waals surface area (Å²) in [4.78, 5) is 11.6. The van der Waals surface area contributed by atoms with Crippen LogP contribution in [0.3, 0.4) is 0 Å². The van der Waals surface area contributed by atoms with E-state index >= 15 is 0 Å². The summed E-state index contributed by atoms with van der Waals surface area (Å²) in [7, 11) is 1.83. The van der Waals surface area contributed by atoms with Gasteiger partial charge in [0.25, 0.3) is 0 Å². The Bertz CT molecular complexity index is 900. The van der Waals surface area contributed by atoms with Crippen LogP contribution in [0.25, 0.3) is 5.65 Å². The number of aliphatic imine (C=N–C) groups is 1. The average molecular weight is 391 g/mol. The second-order valence-corrected chi connectivity index (χ2v) is 7.58. The zero-order valence-electron chi connectivity index (χ0n) is 17.1. The SMILES string of the molecule is CN=C(NCCc1cn2ccccc2n1)NCC1CCCN1Cc1ccccc1. The van der Waals surface area contributed by atoms with E-state index in [4.69, 9.17) is 0 Å². The Hall–Kier alpha value is -2.86. The summed E-state index contributed by atoms with van der Waals surface area (Å²) >= 11 is 0. The standard InChI is InChI=1S/C23H30N6/c1-24-23(25-13-12-20-18-29-14-6-5-11-22(29)27-20)26-16-21-10-7-15-28(21)17-19-8-3-2-4-9-19/h2-6,8-9,11,14,18,21H,7,10,12-13,15-17H2,1H3,(H2,24,25,26). The van der Waals surface area contributed by atoms with E-state index in [-0.39, 0.29) is 0 Å². The quantitative estimate of drug-likeness (QED) is 0.481. The number of hydrogen-bond acceptors (Lipinski definition) is 3. The van der Waals surface area contributed by atoms with Gasteiger partial charge in [-0.15, -0.1) is 0 Å². The van der Waals surface area contributed by atoms with Crippen molar-refractivity contribution in [2.45, 2.75) is 31.8 Å². The first-order valence-corrected chi connectivity index (χ1v) is 10.5. The van der Waals surface area contributed by atoms with Gasteiger partial charge < -0.3 is 15.0 Å². The minimum Gasteiger partial charge on any atom is -0.356 e. The lowest BCUT2D eigenvalue weighted by Gasteiger charge is -2.25. The Labute approximate surface area is 172 Å². The summed E-state index contributed by atoms with van der Waals surface area (Å²) in [5.41, 5.74) is 3.46. The van der Waals surface area contributed by atoms with Gasteiger partial charge in [0, 0.05) is 51.5 Å². The van der Waals surface area contributed by atoms with Gasteiger partial charge in [-0.3, -0.25) is 9.89 Å². The van der Waals surface area contributed by atoms with E-state index in [9.17, 15) is 0 Å². The second kappa shape index (κ2) is 9.56. The van der Waals surface area contributed by atoms with Crippen LogP contribution in [0.4, 0.5) is 0 Å². The van der Waals surface area contributed by atoms with Gasteiger partial charge in [0.1, 0.15) is 5.65 Å². The lowest BCUT2D eigenvalue weighted by molar-refractivity contribution is 0.245. The molecule has 3 aromatic rings. The molecule has 0 saturated carbocycles. The van der Waals surface area contributed by atoms with E-state index in [1.54, 1.807) is 0 Å². The number of likely N-dealkylation sites (tertiary alicyclic amines) is 1. The molecule has 1 unspecified atom stereocenters. The van der Waals surface area contributed by atoms with Gasteiger partial charge in [-0.25, -0.2) is 4.98 Å². The molecular formula is C23H30N6. The van der Waals surface area contributed by atoms with Crippen molar-refractivity contribution in [3.63, 3.8) is 0 Å². The molecule has 0 radical (unpaired) electrons. The lowest BCUT2D eigenvalue weighted by Crippen LogP contribution is -2.45. The van der Waals surface area contributed by atoms with Gasteiger partial charge in [-0.2, -0.15) is 0 Å². The number of aromatic nitrogens is 2. The van der Waals surface area contributed by atoms with Crippen LogP contribution in [0, 0.1) is 0 Å². The topological polar surface area (TPSA) is 57.0 Å². The van der Waals surface area contributed by atoms with E-state index in [1.165, 1.54) is 24.9 Å². The number of nitrogens with one attached hydrogen (secondary N) is 2. The fourth-order valence-electron chi connectivity index (χ4n) is 4.00. The van der Waals surface area contributed by atoms with Crippen molar-refractivity contribution in [3.8, 4) is 0 Å². The molecule has 0 aliphatic carbocycles. The van der Waals surface area contributed by atoms with E-state index in [0.717, 1.165) is 43.4 Å². The van der Waals surface area contributed by atoms with Gasteiger partial charge in [-0.1, -0.05) is 36.4 Å². The molecule has 29 heavy (non-hydrogen) atoms. The number of guanidine groups is 1. The Kier molecular flexibility index (Phi) is 6.42. The third-order valence-corrected chi connectivity index (χ3v) is 5.54.